The fraction of sp³-hybridized carbons (Fsp3) is 0.444. The molecule has 2 nitrogen and oxygen atoms in total. The third kappa shape index (κ3) is 3.46. The van der Waals surface area contributed by atoms with Crippen LogP contribution in [-0.4, -0.2) is 31.4 Å². The molecule has 1 aromatic carbocycles. The van der Waals surface area contributed by atoms with Gasteiger partial charge in [0.2, 0.25) is 0 Å². The summed E-state index contributed by atoms with van der Waals surface area (Å²) in [6.45, 7) is 1.84. The Hall–Kier alpha value is -1.35. The van der Waals surface area contributed by atoms with Crippen LogP contribution in [-0.2, 0) is 0 Å². The summed E-state index contributed by atoms with van der Waals surface area (Å²) in [5.41, 5.74) is 2.45. The first-order valence-corrected chi connectivity index (χ1v) is 8.88. The lowest BCUT2D eigenvalue weighted by Gasteiger charge is -2.26. The number of thioether (sulfide) groups is 1. The maximum atomic E-state index is 6.13. The van der Waals surface area contributed by atoms with Gasteiger partial charge in [0.25, 0.3) is 0 Å². The van der Waals surface area contributed by atoms with Crippen LogP contribution in [0.5, 0.6) is 5.75 Å². The van der Waals surface area contributed by atoms with Gasteiger partial charge >= 0.3 is 0 Å². The summed E-state index contributed by atoms with van der Waals surface area (Å²) in [6, 6.07) is 6.53. The molecule has 2 aliphatic rings. The van der Waals surface area contributed by atoms with E-state index in [1.54, 1.807) is 11.8 Å². The minimum Gasteiger partial charge on any atom is -0.493 e. The molecule has 0 saturated heterocycles. The zero-order valence-corrected chi connectivity index (χ0v) is 13.7. The molecule has 0 bridgehead atoms. The van der Waals surface area contributed by atoms with Crippen molar-refractivity contribution in [3.8, 4) is 5.75 Å². The van der Waals surface area contributed by atoms with Gasteiger partial charge in [0.05, 0.1) is 6.61 Å². The molecule has 0 atom stereocenters. The highest BCUT2D eigenvalue weighted by Gasteiger charge is 2.19. The Kier molecular flexibility index (Phi) is 4.59. The fourth-order valence-electron chi connectivity index (χ4n) is 2.69. The third-order valence-corrected chi connectivity index (χ3v) is 4.97. The van der Waals surface area contributed by atoms with E-state index in [4.69, 9.17) is 4.74 Å². The van der Waals surface area contributed by atoms with Crippen molar-refractivity contribution in [3.05, 3.63) is 42.1 Å². The van der Waals surface area contributed by atoms with Gasteiger partial charge in [-0.05, 0) is 43.2 Å². The first kappa shape index (κ1) is 14.6. The van der Waals surface area contributed by atoms with Gasteiger partial charge < -0.3 is 9.64 Å². The monoisotopic (exact) mass is 301 g/mol. The lowest BCUT2D eigenvalue weighted by molar-refractivity contribution is 0.180. The predicted molar refractivity (Wildman–Crippen MR) is 90.8 cm³/mol. The summed E-state index contributed by atoms with van der Waals surface area (Å²) in [5, 5.41) is 0. The Morgan fingerprint density at radius 1 is 1.33 bits per heavy atom. The molecule has 0 amide bonds. The standard InChI is InChI=1S/C18H23NOS/c1-19-10-4-7-15(12-19)17-11-16(21-2)8-9-18(17)20-13-14-5-3-6-14/h4,7-9,11-12,14H,3,5-6,10,13H2,1-2H3. The summed E-state index contributed by atoms with van der Waals surface area (Å²) >= 11 is 1.78. The Labute approximate surface area is 131 Å². The molecular formula is C18H23NOS. The van der Waals surface area contributed by atoms with Crippen molar-refractivity contribution < 1.29 is 4.74 Å². The molecule has 1 saturated carbocycles. The molecule has 1 aliphatic carbocycles. The van der Waals surface area contributed by atoms with Gasteiger partial charge in [-0.15, -0.1) is 11.8 Å². The van der Waals surface area contributed by atoms with E-state index >= 15 is 0 Å². The van der Waals surface area contributed by atoms with E-state index in [-0.39, 0.29) is 0 Å². The van der Waals surface area contributed by atoms with Gasteiger partial charge in [-0.25, -0.2) is 0 Å². The number of benzene rings is 1. The second-order valence-electron chi connectivity index (χ2n) is 5.90. The van der Waals surface area contributed by atoms with Crippen molar-refractivity contribution in [1.82, 2.24) is 4.90 Å². The van der Waals surface area contributed by atoms with Crippen molar-refractivity contribution in [1.29, 1.82) is 0 Å². The lowest BCUT2D eigenvalue weighted by Crippen LogP contribution is -2.19. The largest absolute Gasteiger partial charge is 0.493 e. The van der Waals surface area contributed by atoms with Crippen molar-refractivity contribution in [2.24, 2.45) is 5.92 Å². The molecule has 3 rings (SSSR count). The molecule has 1 aromatic rings. The smallest absolute Gasteiger partial charge is 0.127 e. The number of nitrogens with zero attached hydrogens (tertiary/aromatic N) is 1. The zero-order chi connectivity index (χ0) is 14.7. The summed E-state index contributed by atoms with van der Waals surface area (Å²) < 4.78 is 6.13. The Morgan fingerprint density at radius 2 is 2.19 bits per heavy atom. The minimum absolute atomic E-state index is 0.761. The summed E-state index contributed by atoms with van der Waals surface area (Å²) in [6.07, 6.45) is 12.7. The third-order valence-electron chi connectivity index (χ3n) is 4.25. The molecule has 0 aromatic heterocycles. The molecule has 112 valence electrons. The second kappa shape index (κ2) is 6.61. The molecule has 3 heteroatoms. The van der Waals surface area contributed by atoms with E-state index in [1.807, 2.05) is 0 Å². The molecule has 0 N–H and O–H groups in total. The van der Waals surface area contributed by atoms with E-state index < -0.39 is 0 Å². The van der Waals surface area contributed by atoms with Gasteiger partial charge in [0, 0.05) is 35.8 Å². The Balaban J connectivity index is 1.85. The van der Waals surface area contributed by atoms with Crippen molar-refractivity contribution in [3.63, 3.8) is 0 Å². The van der Waals surface area contributed by atoms with Gasteiger partial charge in [-0.3, -0.25) is 0 Å². The van der Waals surface area contributed by atoms with Crippen molar-refractivity contribution in [2.45, 2.75) is 24.2 Å². The van der Waals surface area contributed by atoms with Crippen LogP contribution in [0.1, 0.15) is 24.8 Å². The number of allylic oxidation sites excluding steroid dienone is 2. The first-order chi connectivity index (χ1) is 10.3. The molecule has 21 heavy (non-hydrogen) atoms. The minimum atomic E-state index is 0.761. The SMILES string of the molecule is CSc1ccc(OCC2CCC2)c(C2=CN(C)CC=C2)c1. The fourth-order valence-corrected chi connectivity index (χ4v) is 3.13. The van der Waals surface area contributed by atoms with Gasteiger partial charge in [-0.1, -0.05) is 18.6 Å². The summed E-state index contributed by atoms with van der Waals surface area (Å²) in [7, 11) is 2.11. The number of ether oxygens (including phenoxy) is 1. The van der Waals surface area contributed by atoms with E-state index in [0.717, 1.165) is 24.8 Å². The summed E-state index contributed by atoms with van der Waals surface area (Å²) in [5.74, 6) is 1.78. The van der Waals surface area contributed by atoms with E-state index in [1.165, 1.54) is 35.3 Å². The van der Waals surface area contributed by atoms with Gasteiger partial charge in [0.15, 0.2) is 0 Å². The molecule has 0 unspecified atom stereocenters. The van der Waals surface area contributed by atoms with Crippen LogP contribution in [0.25, 0.3) is 5.57 Å². The zero-order valence-electron chi connectivity index (χ0n) is 12.8. The number of likely N-dealkylation sites (N-methyl/N-ethyl adjacent to an activating group) is 1. The molecule has 1 aliphatic heterocycles. The van der Waals surface area contributed by atoms with Gasteiger partial charge in [0.1, 0.15) is 5.75 Å². The molecule has 1 fully saturated rings. The van der Waals surface area contributed by atoms with E-state index in [0.29, 0.717) is 0 Å². The lowest BCUT2D eigenvalue weighted by atomic mass is 9.86. The van der Waals surface area contributed by atoms with Gasteiger partial charge in [-0.2, -0.15) is 0 Å². The normalized spacial score (nSPS) is 18.4. The average molecular weight is 301 g/mol. The van der Waals surface area contributed by atoms with Crippen molar-refractivity contribution in [2.75, 3.05) is 26.5 Å². The quantitative estimate of drug-likeness (QED) is 0.747. The summed E-state index contributed by atoms with van der Waals surface area (Å²) in [4.78, 5) is 3.49. The maximum absolute atomic E-state index is 6.13. The number of hydrogen-bond acceptors (Lipinski definition) is 3. The van der Waals surface area contributed by atoms with Crippen LogP contribution in [0.4, 0.5) is 0 Å². The maximum Gasteiger partial charge on any atom is 0.127 e. The Bertz CT molecular complexity index is 560. The molecular weight excluding hydrogens is 278 g/mol. The number of rotatable bonds is 5. The second-order valence-corrected chi connectivity index (χ2v) is 6.78. The van der Waals surface area contributed by atoms with E-state index in [9.17, 15) is 0 Å². The highest BCUT2D eigenvalue weighted by molar-refractivity contribution is 7.98. The highest BCUT2D eigenvalue weighted by atomic mass is 32.2. The highest BCUT2D eigenvalue weighted by Crippen LogP contribution is 2.34. The first-order valence-electron chi connectivity index (χ1n) is 7.66. The Morgan fingerprint density at radius 3 is 2.86 bits per heavy atom. The molecule has 1 heterocycles. The van der Waals surface area contributed by atoms with Crippen LogP contribution in [0.15, 0.2) is 41.4 Å². The van der Waals surface area contributed by atoms with Crippen LogP contribution >= 0.6 is 11.8 Å². The van der Waals surface area contributed by atoms with Crippen LogP contribution in [0.3, 0.4) is 0 Å². The predicted octanol–water partition coefficient (Wildman–Crippen LogP) is 4.43. The molecule has 0 radical (unpaired) electrons. The number of hydrogen-bond donors (Lipinski definition) is 0. The van der Waals surface area contributed by atoms with Crippen LogP contribution in [0, 0.1) is 5.92 Å². The molecule has 0 spiro atoms. The topological polar surface area (TPSA) is 12.5 Å². The van der Waals surface area contributed by atoms with Crippen molar-refractivity contribution >= 4 is 17.3 Å². The van der Waals surface area contributed by atoms with Crippen LogP contribution < -0.4 is 4.74 Å². The van der Waals surface area contributed by atoms with Crippen LogP contribution in [0.2, 0.25) is 0 Å². The average Bonchev–Trinajstić information content (AvgIpc) is 2.46. The van der Waals surface area contributed by atoms with E-state index in [2.05, 4.69) is 54.8 Å².